The summed E-state index contributed by atoms with van der Waals surface area (Å²) in [5.74, 6) is -0.717. The number of hydrogen-bond acceptors (Lipinski definition) is 6. The second kappa shape index (κ2) is 6.77. The van der Waals surface area contributed by atoms with Crippen LogP contribution in [-0.2, 0) is 4.74 Å². The van der Waals surface area contributed by atoms with Gasteiger partial charge in [0.2, 0.25) is 0 Å². The Labute approximate surface area is 98.7 Å². The van der Waals surface area contributed by atoms with Crippen molar-refractivity contribution in [2.75, 3.05) is 38.3 Å². The number of ether oxygens (including phenoxy) is 1. The van der Waals surface area contributed by atoms with Crippen molar-refractivity contribution < 1.29 is 19.7 Å². The molecule has 1 heterocycles. The first-order chi connectivity index (χ1) is 8.19. The zero-order valence-corrected chi connectivity index (χ0v) is 9.54. The van der Waals surface area contributed by atoms with Crippen molar-refractivity contribution in [1.29, 1.82) is 0 Å². The van der Waals surface area contributed by atoms with Crippen LogP contribution in [0.4, 0.5) is 5.82 Å². The second-order valence-electron chi connectivity index (χ2n) is 3.27. The lowest BCUT2D eigenvalue weighted by atomic mass is 10.4. The van der Waals surface area contributed by atoms with Gasteiger partial charge >= 0.3 is 5.97 Å². The van der Waals surface area contributed by atoms with Crippen LogP contribution in [0.25, 0.3) is 0 Å². The van der Waals surface area contributed by atoms with Crippen molar-refractivity contribution in [3.8, 4) is 0 Å². The third-order valence-electron chi connectivity index (χ3n) is 2.10. The van der Waals surface area contributed by atoms with Gasteiger partial charge in [0.25, 0.3) is 0 Å². The Morgan fingerprint density at radius 2 is 2.24 bits per heavy atom. The molecule has 1 aromatic rings. The summed E-state index contributed by atoms with van der Waals surface area (Å²) in [6, 6.07) is 0. The molecule has 7 nitrogen and oxygen atoms in total. The van der Waals surface area contributed by atoms with Crippen LogP contribution >= 0.6 is 0 Å². The van der Waals surface area contributed by atoms with Crippen molar-refractivity contribution >= 4 is 11.8 Å². The number of carboxylic acids is 1. The van der Waals surface area contributed by atoms with Crippen LogP contribution in [0.1, 0.15) is 10.5 Å². The molecule has 0 radical (unpaired) electrons. The molecule has 0 aliphatic heterocycles. The van der Waals surface area contributed by atoms with Crippen molar-refractivity contribution in [1.82, 2.24) is 9.97 Å². The summed E-state index contributed by atoms with van der Waals surface area (Å²) in [5, 5.41) is 17.7. The van der Waals surface area contributed by atoms with Crippen LogP contribution in [0.5, 0.6) is 0 Å². The summed E-state index contributed by atoms with van der Waals surface area (Å²) in [7, 11) is 1.57. The number of aromatic carboxylic acids is 1. The predicted octanol–water partition coefficient (Wildman–Crippen LogP) is -0.380. The van der Waals surface area contributed by atoms with Crippen molar-refractivity contribution in [3.05, 3.63) is 18.1 Å². The molecule has 0 aliphatic carbocycles. The van der Waals surface area contributed by atoms with E-state index in [4.69, 9.17) is 14.9 Å². The average Bonchev–Trinajstić information content (AvgIpc) is 2.34. The summed E-state index contributed by atoms with van der Waals surface area (Å²) in [6.45, 7) is 1.26. The maximum absolute atomic E-state index is 10.8. The highest BCUT2D eigenvalue weighted by Gasteiger charge is 2.11. The first-order valence-electron chi connectivity index (χ1n) is 5.09. The molecule has 0 atom stereocenters. The van der Waals surface area contributed by atoms with Gasteiger partial charge in [-0.15, -0.1) is 0 Å². The minimum atomic E-state index is -1.13. The van der Waals surface area contributed by atoms with Gasteiger partial charge in [-0.3, -0.25) is 4.98 Å². The highest BCUT2D eigenvalue weighted by Crippen LogP contribution is 2.09. The highest BCUT2D eigenvalue weighted by molar-refractivity contribution is 5.85. The molecule has 1 rings (SSSR count). The molecule has 0 amide bonds. The molecule has 0 unspecified atom stereocenters. The van der Waals surface area contributed by atoms with Crippen LogP contribution in [0.3, 0.4) is 0 Å². The zero-order valence-electron chi connectivity index (χ0n) is 9.54. The molecule has 17 heavy (non-hydrogen) atoms. The fourth-order valence-electron chi connectivity index (χ4n) is 1.27. The molecule has 1 aromatic heterocycles. The number of carboxylic acid groups (broad SMARTS) is 1. The Morgan fingerprint density at radius 3 is 2.82 bits per heavy atom. The molecule has 94 valence electrons. The third-order valence-corrected chi connectivity index (χ3v) is 2.10. The Hall–Kier alpha value is -1.73. The largest absolute Gasteiger partial charge is 0.476 e. The lowest BCUT2D eigenvalue weighted by Gasteiger charge is -2.21. The highest BCUT2D eigenvalue weighted by atomic mass is 16.5. The SMILES string of the molecule is COCCN(CCO)c1cncc(C(=O)O)n1. The number of aromatic nitrogens is 2. The summed E-state index contributed by atoms with van der Waals surface area (Å²) < 4.78 is 4.93. The minimum absolute atomic E-state index is 0.0529. The van der Waals surface area contributed by atoms with E-state index >= 15 is 0 Å². The first-order valence-corrected chi connectivity index (χ1v) is 5.09. The lowest BCUT2D eigenvalue weighted by Crippen LogP contribution is -2.31. The first kappa shape index (κ1) is 13.3. The van der Waals surface area contributed by atoms with Gasteiger partial charge in [0.1, 0.15) is 5.82 Å². The zero-order chi connectivity index (χ0) is 12.7. The fourth-order valence-corrected chi connectivity index (χ4v) is 1.27. The van der Waals surface area contributed by atoms with E-state index in [9.17, 15) is 4.79 Å². The molecule has 0 bridgehead atoms. The van der Waals surface area contributed by atoms with Crippen LogP contribution in [-0.4, -0.2) is 59.6 Å². The van der Waals surface area contributed by atoms with Crippen molar-refractivity contribution in [2.45, 2.75) is 0 Å². The molecule has 0 fully saturated rings. The van der Waals surface area contributed by atoms with E-state index in [1.54, 1.807) is 12.0 Å². The average molecular weight is 241 g/mol. The van der Waals surface area contributed by atoms with Crippen molar-refractivity contribution in [2.24, 2.45) is 0 Å². The van der Waals surface area contributed by atoms with Gasteiger partial charge in [0.05, 0.1) is 25.6 Å². The normalized spacial score (nSPS) is 10.2. The Morgan fingerprint density at radius 1 is 1.47 bits per heavy atom. The number of nitrogens with zero attached hydrogens (tertiary/aromatic N) is 3. The van der Waals surface area contributed by atoms with E-state index in [1.165, 1.54) is 12.4 Å². The lowest BCUT2D eigenvalue weighted by molar-refractivity contribution is 0.0690. The van der Waals surface area contributed by atoms with Crippen molar-refractivity contribution in [3.63, 3.8) is 0 Å². The maximum Gasteiger partial charge on any atom is 0.356 e. The Bertz CT molecular complexity index is 372. The number of anilines is 1. The van der Waals surface area contributed by atoms with Gasteiger partial charge in [0.15, 0.2) is 5.69 Å². The quantitative estimate of drug-likeness (QED) is 0.671. The molecule has 0 saturated heterocycles. The van der Waals surface area contributed by atoms with Gasteiger partial charge in [0, 0.05) is 20.2 Å². The summed E-state index contributed by atoms with van der Waals surface area (Å²) in [4.78, 5) is 20.2. The Kier molecular flexibility index (Phi) is 5.31. The van der Waals surface area contributed by atoms with E-state index in [0.29, 0.717) is 25.5 Å². The van der Waals surface area contributed by atoms with E-state index in [2.05, 4.69) is 9.97 Å². The summed E-state index contributed by atoms with van der Waals surface area (Å²) >= 11 is 0. The molecular weight excluding hydrogens is 226 g/mol. The molecular formula is C10H15N3O4. The van der Waals surface area contributed by atoms with Crippen LogP contribution < -0.4 is 4.90 Å². The number of aliphatic hydroxyl groups is 1. The number of aliphatic hydroxyl groups excluding tert-OH is 1. The van der Waals surface area contributed by atoms with Gasteiger partial charge < -0.3 is 19.8 Å². The number of methoxy groups -OCH3 is 1. The number of carbonyl (C=O) groups is 1. The maximum atomic E-state index is 10.8. The molecule has 2 N–H and O–H groups in total. The van der Waals surface area contributed by atoms with Crippen LogP contribution in [0.15, 0.2) is 12.4 Å². The molecule has 0 aliphatic rings. The van der Waals surface area contributed by atoms with Gasteiger partial charge in [-0.25, -0.2) is 9.78 Å². The Balaban J connectivity index is 2.84. The standard InChI is InChI=1S/C10H15N3O4/c1-17-5-3-13(2-4-14)9-7-11-6-8(12-9)10(15)16/h6-7,14H,2-5H2,1H3,(H,15,16). The van der Waals surface area contributed by atoms with Gasteiger partial charge in [-0.05, 0) is 0 Å². The molecule has 0 spiro atoms. The van der Waals surface area contributed by atoms with Crippen LogP contribution in [0, 0.1) is 0 Å². The number of rotatable bonds is 7. The second-order valence-corrected chi connectivity index (χ2v) is 3.27. The minimum Gasteiger partial charge on any atom is -0.476 e. The number of hydrogen-bond donors (Lipinski definition) is 2. The van der Waals surface area contributed by atoms with E-state index in [1.807, 2.05) is 0 Å². The smallest absolute Gasteiger partial charge is 0.356 e. The van der Waals surface area contributed by atoms with E-state index in [-0.39, 0.29) is 12.3 Å². The van der Waals surface area contributed by atoms with Gasteiger partial charge in [-0.2, -0.15) is 0 Å². The monoisotopic (exact) mass is 241 g/mol. The van der Waals surface area contributed by atoms with Gasteiger partial charge in [-0.1, -0.05) is 0 Å². The third kappa shape index (κ3) is 3.97. The van der Waals surface area contributed by atoms with E-state index < -0.39 is 5.97 Å². The summed E-state index contributed by atoms with van der Waals surface area (Å²) in [5.41, 5.74) is -0.122. The molecule has 0 saturated carbocycles. The molecule has 0 aromatic carbocycles. The van der Waals surface area contributed by atoms with Crippen LogP contribution in [0.2, 0.25) is 0 Å². The summed E-state index contributed by atoms with van der Waals surface area (Å²) in [6.07, 6.45) is 2.64. The van der Waals surface area contributed by atoms with E-state index in [0.717, 1.165) is 0 Å². The fraction of sp³-hybridized carbons (Fsp3) is 0.500. The molecule has 7 heteroatoms. The predicted molar refractivity (Wildman–Crippen MR) is 60.2 cm³/mol. The topological polar surface area (TPSA) is 95.8 Å².